The van der Waals surface area contributed by atoms with Crippen molar-refractivity contribution in [1.29, 1.82) is 0 Å². The van der Waals surface area contributed by atoms with Crippen molar-refractivity contribution in [3.8, 4) is 0 Å². The summed E-state index contributed by atoms with van der Waals surface area (Å²) in [6, 6.07) is 13.3. The fraction of sp³-hybridized carbons (Fsp3) is 0.480. The van der Waals surface area contributed by atoms with Gasteiger partial charge < -0.3 is 4.90 Å². The van der Waals surface area contributed by atoms with Gasteiger partial charge in [0.15, 0.2) is 0 Å². The molecule has 1 heterocycles. The van der Waals surface area contributed by atoms with E-state index in [1.165, 1.54) is 34.4 Å². The monoisotopic (exact) mass is 362 g/mol. The number of aliphatic imine (C=N–C) groups is 1. The molecule has 0 N–H and O–H groups in total. The minimum absolute atomic E-state index is 0.210. The van der Waals surface area contributed by atoms with Gasteiger partial charge in [-0.1, -0.05) is 32.9 Å². The van der Waals surface area contributed by atoms with Gasteiger partial charge >= 0.3 is 0 Å². The lowest BCUT2D eigenvalue weighted by Gasteiger charge is -2.47. The van der Waals surface area contributed by atoms with E-state index in [4.69, 9.17) is 4.99 Å². The Kier molecular flexibility index (Phi) is 5.46. The second-order valence-electron chi connectivity index (χ2n) is 8.93. The van der Waals surface area contributed by atoms with E-state index in [1.54, 1.807) is 0 Å². The first kappa shape index (κ1) is 19.7. The molecule has 1 aliphatic rings. The van der Waals surface area contributed by atoms with Crippen molar-refractivity contribution in [3.05, 3.63) is 58.7 Å². The maximum atomic E-state index is 4.74. The molecule has 1 aliphatic heterocycles. The molecule has 0 bridgehead atoms. The van der Waals surface area contributed by atoms with Gasteiger partial charge in [-0.2, -0.15) is 0 Å². The summed E-state index contributed by atoms with van der Waals surface area (Å²) in [6.45, 7) is 17.0. The maximum Gasteiger partial charge on any atom is 0.0630 e. The molecular weight excluding hydrogens is 328 g/mol. The predicted octanol–water partition coefficient (Wildman–Crippen LogP) is 6.98. The smallest absolute Gasteiger partial charge is 0.0630 e. The van der Waals surface area contributed by atoms with E-state index in [0.29, 0.717) is 11.8 Å². The quantitative estimate of drug-likeness (QED) is 0.536. The molecule has 0 radical (unpaired) electrons. The van der Waals surface area contributed by atoms with Crippen LogP contribution in [0.4, 0.5) is 11.4 Å². The number of hydrogen-bond acceptors (Lipinski definition) is 2. The van der Waals surface area contributed by atoms with Gasteiger partial charge in [0.1, 0.15) is 0 Å². The summed E-state index contributed by atoms with van der Waals surface area (Å²) in [5, 5.41) is 0. The first-order valence-corrected chi connectivity index (χ1v) is 10.3. The fourth-order valence-corrected chi connectivity index (χ4v) is 4.48. The van der Waals surface area contributed by atoms with Crippen LogP contribution in [-0.2, 0) is 0 Å². The highest BCUT2D eigenvalue weighted by Crippen LogP contribution is 2.44. The summed E-state index contributed by atoms with van der Waals surface area (Å²) in [5.41, 5.74) is 7.96. The van der Waals surface area contributed by atoms with Gasteiger partial charge in [0.2, 0.25) is 0 Å². The first-order valence-electron chi connectivity index (χ1n) is 10.3. The van der Waals surface area contributed by atoms with Crippen LogP contribution in [0, 0.1) is 6.92 Å². The third-order valence-electron chi connectivity index (χ3n) is 6.00. The number of anilines is 1. The highest BCUT2D eigenvalue weighted by molar-refractivity contribution is 5.86. The van der Waals surface area contributed by atoms with Crippen LogP contribution in [0.1, 0.15) is 82.1 Å². The van der Waals surface area contributed by atoms with Gasteiger partial charge in [0, 0.05) is 24.0 Å². The lowest BCUT2D eigenvalue weighted by atomic mass is 9.79. The third kappa shape index (κ3) is 3.95. The molecular formula is C25H34N2. The average molecular weight is 363 g/mol. The van der Waals surface area contributed by atoms with Gasteiger partial charge in [-0.05, 0) is 92.5 Å². The Morgan fingerprint density at radius 2 is 1.85 bits per heavy atom. The second-order valence-corrected chi connectivity index (χ2v) is 8.93. The van der Waals surface area contributed by atoms with E-state index in [1.807, 2.05) is 6.21 Å². The third-order valence-corrected chi connectivity index (χ3v) is 6.00. The summed E-state index contributed by atoms with van der Waals surface area (Å²) in [7, 11) is 0. The topological polar surface area (TPSA) is 15.6 Å². The van der Waals surface area contributed by atoms with Gasteiger partial charge in [-0.25, -0.2) is 0 Å². The first-order chi connectivity index (χ1) is 12.7. The van der Waals surface area contributed by atoms with Crippen LogP contribution in [-0.4, -0.2) is 18.3 Å². The summed E-state index contributed by atoms with van der Waals surface area (Å²) in [4.78, 5) is 7.30. The van der Waals surface area contributed by atoms with Crippen molar-refractivity contribution in [1.82, 2.24) is 0 Å². The molecule has 0 spiro atoms. The van der Waals surface area contributed by atoms with Crippen molar-refractivity contribution in [2.75, 3.05) is 11.4 Å². The molecule has 2 nitrogen and oxygen atoms in total. The minimum Gasteiger partial charge on any atom is -0.366 e. The van der Waals surface area contributed by atoms with Crippen molar-refractivity contribution in [2.45, 2.75) is 72.3 Å². The highest BCUT2D eigenvalue weighted by Gasteiger charge is 2.35. The minimum atomic E-state index is 0.210. The highest BCUT2D eigenvalue weighted by atomic mass is 15.2. The Balaban J connectivity index is 1.93. The standard InChI is InChI=1S/C25H34N2/c1-8-27-24-13-18(4)21(14-23(24)19(5)15-25(27,6)7)16-26-22-11-9-20(10-12-22)17(2)3/h9-14,16-17,19H,8,15H2,1-7H3/t19-/m1/s1. The molecule has 2 aromatic carbocycles. The zero-order valence-corrected chi connectivity index (χ0v) is 18.0. The van der Waals surface area contributed by atoms with E-state index in [9.17, 15) is 0 Å². The van der Waals surface area contributed by atoms with Crippen molar-refractivity contribution < 1.29 is 0 Å². The average Bonchev–Trinajstić information content (AvgIpc) is 2.60. The summed E-state index contributed by atoms with van der Waals surface area (Å²) in [5.74, 6) is 1.12. The lowest BCUT2D eigenvalue weighted by molar-refractivity contribution is 0.381. The maximum absolute atomic E-state index is 4.74. The Morgan fingerprint density at radius 1 is 1.19 bits per heavy atom. The lowest BCUT2D eigenvalue weighted by Crippen LogP contribution is -2.48. The molecule has 0 aliphatic carbocycles. The molecule has 0 fully saturated rings. The fourth-order valence-electron chi connectivity index (χ4n) is 4.48. The van der Waals surface area contributed by atoms with E-state index < -0.39 is 0 Å². The Morgan fingerprint density at radius 3 is 2.44 bits per heavy atom. The van der Waals surface area contributed by atoms with Gasteiger partial charge in [-0.3, -0.25) is 4.99 Å². The van der Waals surface area contributed by atoms with Gasteiger partial charge in [-0.15, -0.1) is 0 Å². The Labute approximate surface area is 165 Å². The molecule has 2 aromatic rings. The molecule has 0 saturated heterocycles. The van der Waals surface area contributed by atoms with Crippen LogP contribution in [0.25, 0.3) is 0 Å². The van der Waals surface area contributed by atoms with E-state index in [0.717, 1.165) is 12.2 Å². The number of fused-ring (bicyclic) bond motifs is 1. The molecule has 144 valence electrons. The van der Waals surface area contributed by atoms with Crippen molar-refractivity contribution >= 4 is 17.6 Å². The molecule has 27 heavy (non-hydrogen) atoms. The number of aryl methyl sites for hydroxylation is 1. The zero-order chi connectivity index (χ0) is 19.8. The molecule has 0 amide bonds. The number of benzene rings is 2. The van der Waals surface area contributed by atoms with Crippen LogP contribution >= 0.6 is 0 Å². The number of hydrogen-bond donors (Lipinski definition) is 0. The van der Waals surface area contributed by atoms with E-state index >= 15 is 0 Å². The van der Waals surface area contributed by atoms with E-state index in [-0.39, 0.29) is 5.54 Å². The molecule has 1 atom stereocenters. The zero-order valence-electron chi connectivity index (χ0n) is 18.0. The van der Waals surface area contributed by atoms with Crippen LogP contribution < -0.4 is 4.90 Å². The molecule has 2 heteroatoms. The van der Waals surface area contributed by atoms with Crippen molar-refractivity contribution in [3.63, 3.8) is 0 Å². The van der Waals surface area contributed by atoms with E-state index in [2.05, 4.69) is 89.8 Å². The number of rotatable bonds is 4. The van der Waals surface area contributed by atoms with Crippen LogP contribution in [0.3, 0.4) is 0 Å². The summed E-state index contributed by atoms with van der Waals surface area (Å²) >= 11 is 0. The van der Waals surface area contributed by atoms with Gasteiger partial charge in [0.05, 0.1) is 5.69 Å². The largest absolute Gasteiger partial charge is 0.366 e. The molecule has 0 saturated carbocycles. The van der Waals surface area contributed by atoms with Crippen molar-refractivity contribution in [2.24, 2.45) is 4.99 Å². The van der Waals surface area contributed by atoms with Crippen LogP contribution in [0.15, 0.2) is 41.4 Å². The molecule has 3 rings (SSSR count). The normalized spacial score (nSPS) is 19.0. The van der Waals surface area contributed by atoms with Gasteiger partial charge in [0.25, 0.3) is 0 Å². The molecule has 0 unspecified atom stereocenters. The summed E-state index contributed by atoms with van der Waals surface area (Å²) in [6.07, 6.45) is 3.22. The molecule has 0 aromatic heterocycles. The second kappa shape index (κ2) is 7.50. The SMILES string of the molecule is CCN1c2cc(C)c(C=Nc3ccc(C(C)C)cc3)cc2[C@H](C)CC1(C)C. The summed E-state index contributed by atoms with van der Waals surface area (Å²) < 4.78 is 0. The Bertz CT molecular complexity index is 828. The van der Waals surface area contributed by atoms with Crippen LogP contribution in [0.5, 0.6) is 0 Å². The predicted molar refractivity (Wildman–Crippen MR) is 119 cm³/mol. The van der Waals surface area contributed by atoms with Crippen LogP contribution in [0.2, 0.25) is 0 Å². The Hall–Kier alpha value is -2.09. The number of nitrogens with zero attached hydrogens (tertiary/aromatic N) is 2.